The molecule has 1 aromatic carbocycles. The number of tetrazole rings is 1. The lowest BCUT2D eigenvalue weighted by Crippen LogP contribution is -2.23. The highest BCUT2D eigenvalue weighted by Gasteiger charge is 2.15. The minimum absolute atomic E-state index is 0.175. The maximum absolute atomic E-state index is 5.30. The van der Waals surface area contributed by atoms with Crippen molar-refractivity contribution in [2.45, 2.75) is 26.3 Å². The quantitative estimate of drug-likeness (QED) is 0.863. The van der Waals surface area contributed by atoms with Gasteiger partial charge in [0.05, 0.1) is 14.2 Å². The summed E-state index contributed by atoms with van der Waals surface area (Å²) in [5.41, 5.74) is 2.33. The van der Waals surface area contributed by atoms with Crippen LogP contribution in [-0.4, -0.2) is 33.9 Å². The average molecular weight is 275 g/mol. The van der Waals surface area contributed by atoms with Gasteiger partial charge in [-0.2, -0.15) is 4.80 Å². The van der Waals surface area contributed by atoms with Crippen LogP contribution in [0.3, 0.4) is 0 Å². The molecular formula is C14H21N5O. The zero-order valence-corrected chi connectivity index (χ0v) is 12.4. The summed E-state index contributed by atoms with van der Waals surface area (Å²) in [7, 11) is 3.46. The van der Waals surface area contributed by atoms with Crippen molar-refractivity contribution in [3.05, 3.63) is 35.2 Å². The van der Waals surface area contributed by atoms with Gasteiger partial charge < -0.3 is 10.1 Å². The number of nitrogens with zero attached hydrogens (tertiary/aromatic N) is 4. The van der Waals surface area contributed by atoms with Crippen molar-refractivity contribution in [2.24, 2.45) is 7.05 Å². The lowest BCUT2D eigenvalue weighted by molar-refractivity contribution is 0.411. The maximum Gasteiger partial charge on any atom is 0.176 e. The fraction of sp³-hybridized carbons (Fsp3) is 0.500. The number of hydrogen-bond acceptors (Lipinski definition) is 5. The van der Waals surface area contributed by atoms with Gasteiger partial charge in [-0.1, -0.05) is 19.1 Å². The van der Waals surface area contributed by atoms with Gasteiger partial charge in [-0.3, -0.25) is 0 Å². The van der Waals surface area contributed by atoms with Crippen LogP contribution in [0.4, 0.5) is 0 Å². The Morgan fingerprint density at radius 1 is 1.40 bits per heavy atom. The third-order valence-electron chi connectivity index (χ3n) is 3.21. The lowest BCUT2D eigenvalue weighted by atomic mass is 10.0. The van der Waals surface area contributed by atoms with Gasteiger partial charge in [0.1, 0.15) is 5.75 Å². The molecule has 0 saturated heterocycles. The van der Waals surface area contributed by atoms with E-state index in [1.807, 2.05) is 13.0 Å². The van der Waals surface area contributed by atoms with Crippen LogP contribution in [0.1, 0.15) is 29.9 Å². The summed E-state index contributed by atoms with van der Waals surface area (Å²) in [6, 6.07) is 6.39. The van der Waals surface area contributed by atoms with E-state index in [-0.39, 0.29) is 6.04 Å². The zero-order valence-electron chi connectivity index (χ0n) is 12.4. The molecule has 1 N–H and O–H groups in total. The first-order valence-electron chi connectivity index (χ1n) is 6.74. The van der Waals surface area contributed by atoms with E-state index in [4.69, 9.17) is 4.74 Å². The van der Waals surface area contributed by atoms with E-state index < -0.39 is 0 Å². The molecule has 6 heteroatoms. The minimum atomic E-state index is 0.175. The number of aryl methyl sites for hydroxylation is 2. The van der Waals surface area contributed by atoms with Crippen LogP contribution in [0.15, 0.2) is 18.2 Å². The smallest absolute Gasteiger partial charge is 0.176 e. The third-order valence-corrected chi connectivity index (χ3v) is 3.21. The molecule has 1 heterocycles. The molecule has 20 heavy (non-hydrogen) atoms. The lowest BCUT2D eigenvalue weighted by Gasteiger charge is -2.18. The predicted octanol–water partition coefficient (Wildman–Crippen LogP) is 1.42. The zero-order chi connectivity index (χ0) is 14.5. The highest BCUT2D eigenvalue weighted by molar-refractivity contribution is 5.37. The van der Waals surface area contributed by atoms with E-state index in [1.54, 1.807) is 14.2 Å². The Labute approximate surface area is 119 Å². The van der Waals surface area contributed by atoms with E-state index in [0.29, 0.717) is 6.42 Å². The molecule has 0 aliphatic heterocycles. The van der Waals surface area contributed by atoms with Gasteiger partial charge in [-0.15, -0.1) is 10.2 Å². The molecule has 0 spiro atoms. The van der Waals surface area contributed by atoms with Crippen molar-refractivity contribution in [1.82, 2.24) is 25.5 Å². The summed E-state index contributed by atoms with van der Waals surface area (Å²) in [6.45, 7) is 5.02. The molecular weight excluding hydrogens is 254 g/mol. The van der Waals surface area contributed by atoms with Gasteiger partial charge in [0.2, 0.25) is 0 Å². The van der Waals surface area contributed by atoms with E-state index in [1.165, 1.54) is 10.4 Å². The molecule has 2 rings (SSSR count). The second kappa shape index (κ2) is 6.47. The van der Waals surface area contributed by atoms with Gasteiger partial charge in [0.15, 0.2) is 5.82 Å². The number of hydrogen-bond donors (Lipinski definition) is 1. The first kappa shape index (κ1) is 14.5. The summed E-state index contributed by atoms with van der Waals surface area (Å²) in [6.07, 6.45) is 0.716. The van der Waals surface area contributed by atoms with Gasteiger partial charge in [-0.05, 0) is 35.9 Å². The normalized spacial score (nSPS) is 12.4. The standard InChI is InChI=1S/C14H21N5O/c1-5-15-12(9-14-16-18-19(3)17-14)11-6-7-13(20-4)10(2)8-11/h6-8,12,15H,5,9H2,1-4H3. The highest BCUT2D eigenvalue weighted by atomic mass is 16.5. The van der Waals surface area contributed by atoms with E-state index >= 15 is 0 Å². The highest BCUT2D eigenvalue weighted by Crippen LogP contribution is 2.24. The largest absolute Gasteiger partial charge is 0.496 e. The molecule has 1 unspecified atom stereocenters. The second-order valence-corrected chi connectivity index (χ2v) is 4.74. The second-order valence-electron chi connectivity index (χ2n) is 4.74. The number of aromatic nitrogens is 4. The van der Waals surface area contributed by atoms with Crippen LogP contribution in [0.5, 0.6) is 5.75 Å². The molecule has 108 valence electrons. The van der Waals surface area contributed by atoms with Crippen molar-refractivity contribution in [1.29, 1.82) is 0 Å². The average Bonchev–Trinajstić information content (AvgIpc) is 2.83. The summed E-state index contributed by atoms with van der Waals surface area (Å²) in [5.74, 6) is 1.65. The Morgan fingerprint density at radius 3 is 2.75 bits per heavy atom. The van der Waals surface area contributed by atoms with E-state index in [2.05, 4.69) is 39.8 Å². The third kappa shape index (κ3) is 3.33. The SMILES string of the molecule is CCNC(Cc1nnn(C)n1)c1ccc(OC)c(C)c1. The summed E-state index contributed by atoms with van der Waals surface area (Å²) in [5, 5.41) is 15.6. The molecule has 0 amide bonds. The van der Waals surface area contributed by atoms with Crippen LogP contribution in [0.2, 0.25) is 0 Å². The van der Waals surface area contributed by atoms with Gasteiger partial charge >= 0.3 is 0 Å². The molecule has 0 fully saturated rings. The maximum atomic E-state index is 5.30. The number of ether oxygens (including phenoxy) is 1. The van der Waals surface area contributed by atoms with Crippen molar-refractivity contribution < 1.29 is 4.74 Å². The number of benzene rings is 1. The van der Waals surface area contributed by atoms with Crippen molar-refractivity contribution >= 4 is 0 Å². The summed E-state index contributed by atoms with van der Waals surface area (Å²) >= 11 is 0. The molecule has 0 bridgehead atoms. The summed E-state index contributed by atoms with van der Waals surface area (Å²) in [4.78, 5) is 1.48. The monoisotopic (exact) mass is 275 g/mol. The van der Waals surface area contributed by atoms with Gasteiger partial charge in [0.25, 0.3) is 0 Å². The summed E-state index contributed by atoms with van der Waals surface area (Å²) < 4.78 is 5.30. The van der Waals surface area contributed by atoms with E-state index in [0.717, 1.165) is 23.7 Å². The fourth-order valence-corrected chi connectivity index (χ4v) is 2.26. The van der Waals surface area contributed by atoms with Crippen molar-refractivity contribution in [2.75, 3.05) is 13.7 Å². The Hall–Kier alpha value is -1.95. The Balaban J connectivity index is 2.21. The molecule has 2 aromatic rings. The molecule has 0 saturated carbocycles. The predicted molar refractivity (Wildman–Crippen MR) is 76.7 cm³/mol. The molecule has 1 atom stereocenters. The number of likely N-dealkylation sites (N-methyl/N-ethyl adjacent to an activating group) is 1. The van der Waals surface area contributed by atoms with Crippen LogP contribution in [0.25, 0.3) is 0 Å². The Morgan fingerprint density at radius 2 is 2.20 bits per heavy atom. The first-order valence-corrected chi connectivity index (χ1v) is 6.74. The van der Waals surface area contributed by atoms with Crippen LogP contribution in [-0.2, 0) is 13.5 Å². The first-order chi connectivity index (χ1) is 9.63. The number of nitrogens with one attached hydrogen (secondary N) is 1. The fourth-order valence-electron chi connectivity index (χ4n) is 2.26. The van der Waals surface area contributed by atoms with Crippen LogP contribution >= 0.6 is 0 Å². The Kier molecular flexibility index (Phi) is 4.68. The molecule has 1 aromatic heterocycles. The topological polar surface area (TPSA) is 64.9 Å². The van der Waals surface area contributed by atoms with Gasteiger partial charge in [0, 0.05) is 12.5 Å². The van der Waals surface area contributed by atoms with Crippen molar-refractivity contribution in [3.8, 4) is 5.75 Å². The van der Waals surface area contributed by atoms with Crippen LogP contribution in [0, 0.1) is 6.92 Å². The Bertz CT molecular complexity index is 566. The van der Waals surface area contributed by atoms with E-state index in [9.17, 15) is 0 Å². The minimum Gasteiger partial charge on any atom is -0.496 e. The van der Waals surface area contributed by atoms with Crippen molar-refractivity contribution in [3.63, 3.8) is 0 Å². The van der Waals surface area contributed by atoms with Gasteiger partial charge in [-0.25, -0.2) is 0 Å². The molecule has 6 nitrogen and oxygen atoms in total. The molecule has 0 radical (unpaired) electrons. The number of rotatable bonds is 6. The van der Waals surface area contributed by atoms with Crippen LogP contribution < -0.4 is 10.1 Å². The molecule has 0 aliphatic rings. The molecule has 0 aliphatic carbocycles. The number of methoxy groups -OCH3 is 1.